The van der Waals surface area contributed by atoms with E-state index in [9.17, 15) is 9.59 Å². The molecule has 2 N–H and O–H groups in total. The van der Waals surface area contributed by atoms with E-state index in [0.717, 1.165) is 6.29 Å². The number of benzene rings is 2. The SMILES string of the molecule is C1CCNCC1.CCO.CCOC(=O)/C(C#N)=C/c1ccccc1Cl.O=Cc1ccccc1Cl. The van der Waals surface area contributed by atoms with Crippen LogP contribution in [0.4, 0.5) is 0 Å². The zero-order chi connectivity index (χ0) is 25.6. The molecule has 1 aliphatic heterocycles. The van der Waals surface area contributed by atoms with Crippen LogP contribution in [0.5, 0.6) is 0 Å². The van der Waals surface area contributed by atoms with Crippen LogP contribution in [0, 0.1) is 11.3 Å². The number of nitrogens with one attached hydrogen (secondary N) is 1. The maximum Gasteiger partial charge on any atom is 0.348 e. The molecule has 1 heterocycles. The second-order valence-electron chi connectivity index (χ2n) is 6.68. The number of nitrogens with zero attached hydrogens (tertiary/aromatic N) is 1. The van der Waals surface area contributed by atoms with Gasteiger partial charge in [0.2, 0.25) is 0 Å². The fourth-order valence-electron chi connectivity index (χ4n) is 2.47. The summed E-state index contributed by atoms with van der Waals surface area (Å²) in [4.78, 5) is 21.5. The van der Waals surface area contributed by atoms with Gasteiger partial charge in [0.1, 0.15) is 11.6 Å². The van der Waals surface area contributed by atoms with Gasteiger partial charge in [-0.05, 0) is 63.6 Å². The lowest BCUT2D eigenvalue weighted by atomic mass is 10.1. The number of carbonyl (C=O) groups is 2. The van der Waals surface area contributed by atoms with E-state index in [1.807, 2.05) is 0 Å². The van der Waals surface area contributed by atoms with E-state index in [2.05, 4.69) is 5.32 Å². The van der Waals surface area contributed by atoms with Gasteiger partial charge in [0.15, 0.2) is 6.29 Å². The van der Waals surface area contributed by atoms with Gasteiger partial charge in [0, 0.05) is 17.2 Å². The molecule has 6 nitrogen and oxygen atoms in total. The van der Waals surface area contributed by atoms with Crippen LogP contribution in [0.1, 0.15) is 49.0 Å². The Labute approximate surface area is 212 Å². The van der Waals surface area contributed by atoms with Crippen molar-refractivity contribution in [2.75, 3.05) is 26.3 Å². The first-order valence-electron chi connectivity index (χ1n) is 11.0. The van der Waals surface area contributed by atoms with Crippen LogP contribution in [0.25, 0.3) is 6.08 Å². The van der Waals surface area contributed by atoms with E-state index in [-0.39, 0.29) is 18.8 Å². The van der Waals surface area contributed by atoms with Crippen LogP contribution >= 0.6 is 23.2 Å². The standard InChI is InChI=1S/C12H10ClNO2.C7H5ClO.C5H11N.C2H6O/c1-2-16-12(15)10(8-14)7-9-5-3-4-6-11(9)13;8-7-4-2-1-3-6(7)5-9;1-2-4-6-5-3-1;1-2-3/h3-7H,2H2,1H3;1-5H;6H,1-5H2;3H,2H2,1H3/b10-7+;;;. The molecule has 0 radical (unpaired) electrons. The topological polar surface area (TPSA) is 99.4 Å². The van der Waals surface area contributed by atoms with Gasteiger partial charge in [-0.2, -0.15) is 5.26 Å². The largest absolute Gasteiger partial charge is 0.462 e. The molecule has 0 unspecified atom stereocenters. The Balaban J connectivity index is 0.000000504. The number of nitriles is 1. The van der Waals surface area contributed by atoms with Crippen molar-refractivity contribution < 1.29 is 19.4 Å². The Morgan fingerprint density at radius 2 is 1.53 bits per heavy atom. The van der Waals surface area contributed by atoms with E-state index in [1.165, 1.54) is 38.4 Å². The van der Waals surface area contributed by atoms with Crippen molar-refractivity contribution in [2.45, 2.75) is 33.1 Å². The van der Waals surface area contributed by atoms with Crippen LogP contribution in [0.3, 0.4) is 0 Å². The molecule has 0 bridgehead atoms. The summed E-state index contributed by atoms with van der Waals surface area (Å²) in [7, 11) is 0. The van der Waals surface area contributed by atoms with Gasteiger partial charge >= 0.3 is 5.97 Å². The normalized spacial score (nSPS) is 12.2. The molecule has 0 aromatic heterocycles. The molecule has 0 spiro atoms. The third kappa shape index (κ3) is 14.5. The number of hydrogen-bond donors (Lipinski definition) is 2. The molecule has 184 valence electrons. The lowest BCUT2D eigenvalue weighted by Crippen LogP contribution is -2.21. The summed E-state index contributed by atoms with van der Waals surface area (Å²) in [5.74, 6) is -0.634. The number of esters is 1. The molecule has 0 atom stereocenters. The number of aliphatic hydroxyl groups is 1. The van der Waals surface area contributed by atoms with E-state index in [1.54, 1.807) is 68.4 Å². The zero-order valence-corrected chi connectivity index (χ0v) is 21.1. The van der Waals surface area contributed by atoms with Crippen molar-refractivity contribution in [3.8, 4) is 6.07 Å². The Bertz CT molecular complexity index is 912. The molecule has 34 heavy (non-hydrogen) atoms. The monoisotopic (exact) mass is 506 g/mol. The highest BCUT2D eigenvalue weighted by atomic mass is 35.5. The highest BCUT2D eigenvalue weighted by molar-refractivity contribution is 6.33. The van der Waals surface area contributed by atoms with Crippen molar-refractivity contribution in [1.29, 1.82) is 5.26 Å². The summed E-state index contributed by atoms with van der Waals surface area (Å²) in [5, 5.41) is 20.7. The van der Waals surface area contributed by atoms with Crippen molar-refractivity contribution in [3.63, 3.8) is 0 Å². The third-order valence-electron chi connectivity index (χ3n) is 4.06. The van der Waals surface area contributed by atoms with Crippen molar-refractivity contribution in [1.82, 2.24) is 5.32 Å². The maximum atomic E-state index is 11.3. The van der Waals surface area contributed by atoms with Crippen molar-refractivity contribution in [2.24, 2.45) is 0 Å². The summed E-state index contributed by atoms with van der Waals surface area (Å²) in [6.07, 6.45) is 6.37. The smallest absolute Gasteiger partial charge is 0.348 e. The summed E-state index contributed by atoms with van der Waals surface area (Å²) in [6.45, 7) is 6.35. The predicted molar refractivity (Wildman–Crippen MR) is 138 cm³/mol. The molecule has 1 aliphatic rings. The molecule has 8 heteroatoms. The summed E-state index contributed by atoms with van der Waals surface area (Å²) in [5.41, 5.74) is 1.10. The van der Waals surface area contributed by atoms with Crippen LogP contribution in [-0.4, -0.2) is 43.7 Å². The van der Waals surface area contributed by atoms with Crippen molar-refractivity contribution >= 4 is 41.5 Å². The van der Waals surface area contributed by atoms with Gasteiger partial charge in [-0.25, -0.2) is 4.79 Å². The third-order valence-corrected chi connectivity index (χ3v) is 4.75. The number of aliphatic hydroxyl groups excluding tert-OH is 1. The first-order chi connectivity index (χ1) is 16.4. The highest BCUT2D eigenvalue weighted by Gasteiger charge is 2.10. The number of hydrogen-bond acceptors (Lipinski definition) is 6. The fraction of sp³-hybridized carbons (Fsp3) is 0.346. The molecular formula is C26H32Cl2N2O4. The van der Waals surface area contributed by atoms with Crippen LogP contribution < -0.4 is 5.32 Å². The number of halogens is 2. The number of carbonyl (C=O) groups excluding carboxylic acids is 2. The van der Waals surface area contributed by atoms with E-state index in [0.29, 0.717) is 21.2 Å². The van der Waals surface area contributed by atoms with Crippen molar-refractivity contribution in [3.05, 3.63) is 75.3 Å². The first kappa shape index (κ1) is 31.3. The zero-order valence-electron chi connectivity index (χ0n) is 19.6. The summed E-state index contributed by atoms with van der Waals surface area (Å²) < 4.78 is 4.73. The number of rotatable bonds is 4. The average Bonchev–Trinajstić information content (AvgIpc) is 2.86. The second-order valence-corrected chi connectivity index (χ2v) is 7.49. The number of piperidine rings is 1. The fourth-order valence-corrected chi connectivity index (χ4v) is 2.84. The van der Waals surface area contributed by atoms with E-state index in [4.69, 9.17) is 38.3 Å². The molecule has 2 aromatic rings. The average molecular weight is 507 g/mol. The second kappa shape index (κ2) is 20.9. The van der Waals surface area contributed by atoms with Gasteiger partial charge in [-0.1, -0.05) is 66.0 Å². The minimum atomic E-state index is -0.634. The Morgan fingerprint density at radius 3 is 1.85 bits per heavy atom. The number of ether oxygens (including phenoxy) is 1. The molecule has 3 rings (SSSR count). The lowest BCUT2D eigenvalue weighted by molar-refractivity contribution is -0.137. The molecule has 0 aliphatic carbocycles. The van der Waals surface area contributed by atoms with Gasteiger partial charge in [0.05, 0.1) is 11.6 Å². The van der Waals surface area contributed by atoms with Gasteiger partial charge in [-0.3, -0.25) is 4.79 Å². The number of aldehydes is 1. The Hall–Kier alpha value is -2.69. The van der Waals surface area contributed by atoms with Crippen LogP contribution in [0.15, 0.2) is 54.1 Å². The Kier molecular flexibility index (Phi) is 19.2. The maximum absolute atomic E-state index is 11.3. The summed E-state index contributed by atoms with van der Waals surface area (Å²) in [6, 6.07) is 15.7. The molecule has 2 aromatic carbocycles. The van der Waals surface area contributed by atoms with E-state index >= 15 is 0 Å². The Morgan fingerprint density at radius 1 is 1.03 bits per heavy atom. The molecule has 1 saturated heterocycles. The molecule has 0 saturated carbocycles. The minimum Gasteiger partial charge on any atom is -0.462 e. The lowest BCUT2D eigenvalue weighted by Gasteiger charge is -2.08. The van der Waals surface area contributed by atoms with E-state index < -0.39 is 5.97 Å². The van der Waals surface area contributed by atoms with Gasteiger partial charge < -0.3 is 15.2 Å². The molecule has 1 fully saturated rings. The van der Waals surface area contributed by atoms with Crippen LogP contribution in [0.2, 0.25) is 10.0 Å². The molecule has 0 amide bonds. The highest BCUT2D eigenvalue weighted by Crippen LogP contribution is 2.18. The van der Waals surface area contributed by atoms with Gasteiger partial charge in [0.25, 0.3) is 0 Å². The predicted octanol–water partition coefficient (Wildman–Crippen LogP) is 5.72. The quantitative estimate of drug-likeness (QED) is 0.238. The molecular weight excluding hydrogens is 475 g/mol. The first-order valence-corrected chi connectivity index (χ1v) is 11.7. The van der Waals surface area contributed by atoms with Gasteiger partial charge in [-0.15, -0.1) is 0 Å². The van der Waals surface area contributed by atoms with Crippen LogP contribution in [-0.2, 0) is 9.53 Å². The summed E-state index contributed by atoms with van der Waals surface area (Å²) >= 11 is 11.5. The minimum absolute atomic E-state index is 0.0602.